The first-order valence-corrected chi connectivity index (χ1v) is 12.2. The van der Waals surface area contributed by atoms with E-state index in [1.165, 1.54) is 12.7 Å². The summed E-state index contributed by atoms with van der Waals surface area (Å²) in [6.45, 7) is 6.56. The van der Waals surface area contributed by atoms with E-state index < -0.39 is 5.97 Å². The number of nitrogens with zero attached hydrogens (tertiary/aromatic N) is 2. The average molecular weight is 479 g/mol. The molecule has 2 N–H and O–H groups in total. The first-order valence-electron chi connectivity index (χ1n) is 12.2. The topological polar surface area (TPSA) is 94.5 Å². The highest BCUT2D eigenvalue weighted by Crippen LogP contribution is 2.34. The number of ether oxygens (including phenoxy) is 2. The largest absolute Gasteiger partial charge is 0.464 e. The fourth-order valence-corrected chi connectivity index (χ4v) is 4.35. The second kappa shape index (κ2) is 11.4. The third-order valence-corrected chi connectivity index (χ3v) is 6.23. The number of pyridine rings is 1. The van der Waals surface area contributed by atoms with Gasteiger partial charge in [0.1, 0.15) is 5.65 Å². The van der Waals surface area contributed by atoms with Crippen molar-refractivity contribution in [3.8, 4) is 0 Å². The second-order valence-electron chi connectivity index (χ2n) is 9.38. The highest BCUT2D eigenvalue weighted by molar-refractivity contribution is 6.11. The molecule has 0 saturated carbocycles. The Balaban J connectivity index is 1.72. The number of aromatic nitrogens is 2. The van der Waals surface area contributed by atoms with Crippen molar-refractivity contribution in [2.24, 2.45) is 11.8 Å². The van der Waals surface area contributed by atoms with Crippen LogP contribution in [-0.2, 0) is 27.2 Å². The Hall–Kier alpha value is -3.39. The average Bonchev–Trinajstić information content (AvgIpc) is 3.50. The molecule has 3 aromatic rings. The SMILES string of the molecule is COC(=O)c1c(NC(=O)C2CCOC2)c2cc(NCC(C)C)cnc2n1CCCc1ccccc1. The monoisotopic (exact) mass is 478 g/mol. The van der Waals surface area contributed by atoms with Gasteiger partial charge in [0.25, 0.3) is 0 Å². The van der Waals surface area contributed by atoms with E-state index in [1.807, 2.05) is 28.8 Å². The van der Waals surface area contributed by atoms with Gasteiger partial charge in [0, 0.05) is 25.1 Å². The standard InChI is InChI=1S/C27H34N4O4/c1-18(2)15-28-21-14-22-23(30-26(32)20-11-13-35-17-20)24(27(33)34-3)31(25(22)29-16-21)12-7-10-19-8-5-4-6-9-19/h4-6,8-9,14,16,18,20,28H,7,10-13,15,17H2,1-3H3,(H,30,32). The minimum Gasteiger partial charge on any atom is -0.464 e. The molecule has 1 unspecified atom stereocenters. The first kappa shape index (κ1) is 24.7. The molecule has 8 nitrogen and oxygen atoms in total. The fraction of sp³-hybridized carbons (Fsp3) is 0.444. The van der Waals surface area contributed by atoms with Crippen molar-refractivity contribution in [3.05, 3.63) is 53.9 Å². The third-order valence-electron chi connectivity index (χ3n) is 6.23. The smallest absolute Gasteiger partial charge is 0.356 e. The molecule has 2 aromatic heterocycles. The molecule has 4 rings (SSSR count). The van der Waals surface area contributed by atoms with E-state index in [4.69, 9.17) is 14.5 Å². The maximum atomic E-state index is 13.0. The van der Waals surface area contributed by atoms with Crippen molar-refractivity contribution < 1.29 is 19.1 Å². The van der Waals surface area contributed by atoms with E-state index >= 15 is 0 Å². The summed E-state index contributed by atoms with van der Waals surface area (Å²) in [6.07, 6.45) is 4.09. The van der Waals surface area contributed by atoms with Gasteiger partial charge in [-0.2, -0.15) is 0 Å². The number of aryl methyl sites for hydroxylation is 2. The van der Waals surface area contributed by atoms with Gasteiger partial charge in [-0.05, 0) is 36.8 Å². The number of esters is 1. The number of benzene rings is 1. The summed E-state index contributed by atoms with van der Waals surface area (Å²) >= 11 is 0. The van der Waals surface area contributed by atoms with Crippen LogP contribution in [0, 0.1) is 11.8 Å². The number of hydrogen-bond acceptors (Lipinski definition) is 6. The van der Waals surface area contributed by atoms with E-state index in [-0.39, 0.29) is 11.8 Å². The van der Waals surface area contributed by atoms with E-state index in [1.54, 1.807) is 6.20 Å². The van der Waals surface area contributed by atoms with Crippen LogP contribution >= 0.6 is 0 Å². The zero-order valence-corrected chi connectivity index (χ0v) is 20.7. The number of carbonyl (C=O) groups excluding carboxylic acids is 2. The molecule has 0 spiro atoms. The van der Waals surface area contributed by atoms with Crippen LogP contribution in [0.5, 0.6) is 0 Å². The normalized spacial score (nSPS) is 15.5. The molecule has 0 bridgehead atoms. The molecule has 1 aliphatic heterocycles. The maximum Gasteiger partial charge on any atom is 0.356 e. The number of amides is 1. The summed E-state index contributed by atoms with van der Waals surface area (Å²) < 4.78 is 12.4. The summed E-state index contributed by atoms with van der Waals surface area (Å²) in [5.41, 5.74) is 3.47. The van der Waals surface area contributed by atoms with Gasteiger partial charge >= 0.3 is 5.97 Å². The Morgan fingerprint density at radius 3 is 2.74 bits per heavy atom. The Morgan fingerprint density at radius 2 is 2.06 bits per heavy atom. The van der Waals surface area contributed by atoms with Gasteiger partial charge in [0.2, 0.25) is 5.91 Å². The molecule has 8 heteroatoms. The van der Waals surface area contributed by atoms with E-state index in [2.05, 4.69) is 36.6 Å². The summed E-state index contributed by atoms with van der Waals surface area (Å²) in [5, 5.41) is 7.12. The van der Waals surface area contributed by atoms with Crippen molar-refractivity contribution in [1.29, 1.82) is 0 Å². The van der Waals surface area contributed by atoms with Gasteiger partial charge < -0.3 is 24.7 Å². The predicted molar refractivity (Wildman–Crippen MR) is 137 cm³/mol. The van der Waals surface area contributed by atoms with Gasteiger partial charge in [-0.25, -0.2) is 9.78 Å². The zero-order valence-electron chi connectivity index (χ0n) is 20.7. The Morgan fingerprint density at radius 1 is 1.26 bits per heavy atom. The first-order chi connectivity index (χ1) is 17.0. The van der Waals surface area contributed by atoms with E-state index in [9.17, 15) is 9.59 Å². The van der Waals surface area contributed by atoms with Gasteiger partial charge in [0.15, 0.2) is 5.69 Å². The summed E-state index contributed by atoms with van der Waals surface area (Å²) in [7, 11) is 1.35. The van der Waals surface area contributed by atoms with Crippen molar-refractivity contribution in [3.63, 3.8) is 0 Å². The molecule has 1 fully saturated rings. The van der Waals surface area contributed by atoms with Crippen molar-refractivity contribution >= 4 is 34.3 Å². The number of fused-ring (bicyclic) bond motifs is 1. The Labute approximate surface area is 206 Å². The van der Waals surface area contributed by atoms with E-state index in [0.29, 0.717) is 54.5 Å². The lowest BCUT2D eigenvalue weighted by molar-refractivity contribution is -0.119. The maximum absolute atomic E-state index is 13.0. The molecule has 3 heterocycles. The number of hydrogen-bond donors (Lipinski definition) is 2. The molecule has 186 valence electrons. The highest BCUT2D eigenvalue weighted by atomic mass is 16.5. The van der Waals surface area contributed by atoms with Gasteiger partial charge in [0.05, 0.1) is 37.2 Å². The predicted octanol–water partition coefficient (Wildman–Crippen LogP) is 4.50. The van der Waals surface area contributed by atoms with Crippen molar-refractivity contribution in [2.75, 3.05) is 37.5 Å². The Kier molecular flexibility index (Phi) is 8.02. The van der Waals surface area contributed by atoms with Gasteiger partial charge in [-0.15, -0.1) is 0 Å². The molecular formula is C27H34N4O4. The quantitative estimate of drug-likeness (QED) is 0.417. The zero-order chi connectivity index (χ0) is 24.8. The molecule has 0 aliphatic carbocycles. The number of rotatable bonds is 10. The lowest BCUT2D eigenvalue weighted by Gasteiger charge is -2.12. The molecule has 1 aliphatic rings. The fourth-order valence-electron chi connectivity index (χ4n) is 4.35. The third kappa shape index (κ3) is 5.82. The summed E-state index contributed by atoms with van der Waals surface area (Å²) in [4.78, 5) is 30.7. The van der Waals surface area contributed by atoms with Crippen LogP contribution in [0.3, 0.4) is 0 Å². The molecule has 1 amide bonds. The number of carbonyl (C=O) groups is 2. The van der Waals surface area contributed by atoms with Gasteiger partial charge in [-0.3, -0.25) is 4.79 Å². The number of nitrogens with one attached hydrogen (secondary N) is 2. The van der Waals surface area contributed by atoms with Crippen LogP contribution in [-0.4, -0.2) is 48.3 Å². The highest BCUT2D eigenvalue weighted by Gasteiger charge is 2.29. The molecule has 0 radical (unpaired) electrons. The lowest BCUT2D eigenvalue weighted by atomic mass is 10.1. The van der Waals surface area contributed by atoms with Crippen molar-refractivity contribution in [2.45, 2.75) is 39.7 Å². The number of anilines is 2. The van der Waals surface area contributed by atoms with Crippen LogP contribution < -0.4 is 10.6 Å². The van der Waals surface area contributed by atoms with Crippen molar-refractivity contribution in [1.82, 2.24) is 9.55 Å². The molecule has 1 atom stereocenters. The van der Waals surface area contributed by atoms with Crippen LogP contribution in [0.1, 0.15) is 42.7 Å². The van der Waals surface area contributed by atoms with Crippen LogP contribution in [0.15, 0.2) is 42.6 Å². The molecule has 1 saturated heterocycles. The molecule has 1 aromatic carbocycles. The summed E-state index contributed by atoms with van der Waals surface area (Å²) in [6, 6.07) is 12.2. The van der Waals surface area contributed by atoms with E-state index in [0.717, 1.165) is 25.1 Å². The van der Waals surface area contributed by atoms with Gasteiger partial charge in [-0.1, -0.05) is 44.2 Å². The second-order valence-corrected chi connectivity index (χ2v) is 9.38. The Bertz CT molecular complexity index is 1170. The van der Waals surface area contributed by atoms with Crippen LogP contribution in [0.25, 0.3) is 11.0 Å². The summed E-state index contributed by atoms with van der Waals surface area (Å²) in [5.74, 6) is -0.443. The number of methoxy groups -OCH3 is 1. The minimum atomic E-state index is -0.502. The van der Waals surface area contributed by atoms with Crippen LogP contribution in [0.4, 0.5) is 11.4 Å². The molecule has 35 heavy (non-hydrogen) atoms. The molecular weight excluding hydrogens is 444 g/mol. The minimum absolute atomic E-state index is 0.156. The lowest BCUT2D eigenvalue weighted by Crippen LogP contribution is -2.24. The van der Waals surface area contributed by atoms with Crippen LogP contribution in [0.2, 0.25) is 0 Å².